The Kier molecular flexibility index (Phi) is 4.09. The minimum absolute atomic E-state index is 0.325. The first kappa shape index (κ1) is 11.8. The van der Waals surface area contributed by atoms with Gasteiger partial charge in [0.15, 0.2) is 0 Å². The molecule has 0 aliphatic rings. The summed E-state index contributed by atoms with van der Waals surface area (Å²) in [4.78, 5) is 8.22. The van der Waals surface area contributed by atoms with Gasteiger partial charge in [0.2, 0.25) is 0 Å². The summed E-state index contributed by atoms with van der Waals surface area (Å²) < 4.78 is 0. The quantitative estimate of drug-likeness (QED) is 0.879. The van der Waals surface area contributed by atoms with E-state index in [1.165, 1.54) is 14.6 Å². The van der Waals surface area contributed by atoms with Gasteiger partial charge in [-0.25, -0.2) is 0 Å². The summed E-state index contributed by atoms with van der Waals surface area (Å²) in [5, 5.41) is 3.58. The molecular formula is C12H16N2S2. The van der Waals surface area contributed by atoms with E-state index in [1.807, 2.05) is 23.0 Å². The second-order valence-electron chi connectivity index (χ2n) is 3.74. The van der Waals surface area contributed by atoms with Crippen LogP contribution in [-0.4, -0.2) is 11.5 Å². The topological polar surface area (TPSA) is 24.9 Å². The Morgan fingerprint density at radius 3 is 2.81 bits per heavy atom. The molecule has 2 nitrogen and oxygen atoms in total. The van der Waals surface area contributed by atoms with Crippen LogP contribution in [0.1, 0.15) is 34.0 Å². The molecule has 0 aromatic carbocycles. The largest absolute Gasteiger partial charge is 0.305 e. The lowest BCUT2D eigenvalue weighted by Crippen LogP contribution is -2.21. The van der Waals surface area contributed by atoms with E-state index in [4.69, 9.17) is 0 Å². The summed E-state index contributed by atoms with van der Waals surface area (Å²) in [6.45, 7) is 5.38. The molecule has 1 atom stereocenters. The van der Waals surface area contributed by atoms with Gasteiger partial charge < -0.3 is 5.32 Å². The van der Waals surface area contributed by atoms with E-state index in [-0.39, 0.29) is 0 Å². The van der Waals surface area contributed by atoms with Crippen molar-refractivity contribution in [3.8, 4) is 0 Å². The highest BCUT2D eigenvalue weighted by molar-refractivity contribution is 7.12. The molecule has 2 rings (SSSR count). The molecule has 0 amide bonds. The first-order chi connectivity index (χ1) is 7.81. The van der Waals surface area contributed by atoms with Crippen molar-refractivity contribution in [2.24, 2.45) is 0 Å². The van der Waals surface area contributed by atoms with Crippen LogP contribution in [0.2, 0.25) is 0 Å². The van der Waals surface area contributed by atoms with Crippen molar-refractivity contribution in [3.05, 3.63) is 38.5 Å². The first-order valence-electron chi connectivity index (χ1n) is 5.49. The number of aryl methyl sites for hydroxylation is 1. The smallest absolute Gasteiger partial charge is 0.0795 e. The van der Waals surface area contributed by atoms with Gasteiger partial charge in [-0.1, -0.05) is 6.92 Å². The molecule has 4 heteroatoms. The maximum Gasteiger partial charge on any atom is 0.0795 e. The fourth-order valence-electron chi connectivity index (χ4n) is 1.61. The lowest BCUT2D eigenvalue weighted by atomic mass is 10.2. The summed E-state index contributed by atoms with van der Waals surface area (Å²) in [7, 11) is 0. The molecular weight excluding hydrogens is 236 g/mol. The first-order valence-corrected chi connectivity index (χ1v) is 7.19. The van der Waals surface area contributed by atoms with Crippen molar-refractivity contribution in [1.29, 1.82) is 0 Å². The SMILES string of the molecule is CCCNC(c1cncs1)c1ccc(C)s1. The van der Waals surface area contributed by atoms with Crippen LogP contribution in [-0.2, 0) is 0 Å². The third kappa shape index (κ3) is 2.70. The molecule has 0 bridgehead atoms. The fraction of sp³-hybridized carbons (Fsp3) is 0.417. The highest BCUT2D eigenvalue weighted by Crippen LogP contribution is 2.30. The summed E-state index contributed by atoms with van der Waals surface area (Å²) in [5.74, 6) is 0. The Morgan fingerprint density at radius 2 is 2.25 bits per heavy atom. The number of thiophene rings is 1. The Bertz CT molecular complexity index is 420. The number of aromatic nitrogens is 1. The van der Waals surface area contributed by atoms with Crippen molar-refractivity contribution < 1.29 is 0 Å². The third-order valence-corrected chi connectivity index (χ3v) is 4.29. The van der Waals surface area contributed by atoms with E-state index in [0.717, 1.165) is 13.0 Å². The van der Waals surface area contributed by atoms with Crippen molar-refractivity contribution in [2.75, 3.05) is 6.54 Å². The van der Waals surface area contributed by atoms with Crippen molar-refractivity contribution in [2.45, 2.75) is 26.3 Å². The lowest BCUT2D eigenvalue weighted by molar-refractivity contribution is 0.612. The highest BCUT2D eigenvalue weighted by Gasteiger charge is 2.16. The van der Waals surface area contributed by atoms with Gasteiger partial charge in [0.1, 0.15) is 0 Å². The molecule has 2 heterocycles. The molecule has 0 aliphatic heterocycles. The fourth-order valence-corrected chi connectivity index (χ4v) is 3.37. The maximum absolute atomic E-state index is 4.17. The van der Waals surface area contributed by atoms with Crippen LogP contribution < -0.4 is 5.32 Å². The minimum Gasteiger partial charge on any atom is -0.305 e. The molecule has 1 unspecified atom stereocenters. The zero-order chi connectivity index (χ0) is 11.4. The number of nitrogens with zero attached hydrogens (tertiary/aromatic N) is 1. The van der Waals surface area contributed by atoms with E-state index < -0.39 is 0 Å². The average molecular weight is 252 g/mol. The van der Waals surface area contributed by atoms with E-state index in [0.29, 0.717) is 6.04 Å². The number of nitrogens with one attached hydrogen (secondary N) is 1. The van der Waals surface area contributed by atoms with Crippen LogP contribution in [0.4, 0.5) is 0 Å². The number of thiazole rings is 1. The molecule has 0 spiro atoms. The van der Waals surface area contributed by atoms with Gasteiger partial charge in [-0.05, 0) is 32.0 Å². The molecule has 0 aliphatic carbocycles. The number of hydrogen-bond acceptors (Lipinski definition) is 4. The van der Waals surface area contributed by atoms with Crippen molar-refractivity contribution in [3.63, 3.8) is 0 Å². The second-order valence-corrected chi connectivity index (χ2v) is 5.98. The molecule has 0 saturated heterocycles. The number of hydrogen-bond donors (Lipinski definition) is 1. The zero-order valence-electron chi connectivity index (χ0n) is 9.56. The van der Waals surface area contributed by atoms with Crippen molar-refractivity contribution >= 4 is 22.7 Å². The predicted molar refractivity (Wildman–Crippen MR) is 71.3 cm³/mol. The van der Waals surface area contributed by atoms with E-state index >= 15 is 0 Å². The van der Waals surface area contributed by atoms with Crippen LogP contribution in [0.15, 0.2) is 23.8 Å². The van der Waals surface area contributed by atoms with E-state index in [2.05, 4.69) is 36.3 Å². The minimum atomic E-state index is 0.325. The normalized spacial score (nSPS) is 12.9. The molecule has 16 heavy (non-hydrogen) atoms. The zero-order valence-corrected chi connectivity index (χ0v) is 11.2. The Hall–Kier alpha value is -0.710. The molecule has 0 radical (unpaired) electrons. The van der Waals surface area contributed by atoms with Gasteiger partial charge in [-0.2, -0.15) is 0 Å². The Balaban J connectivity index is 2.21. The Morgan fingerprint density at radius 1 is 1.38 bits per heavy atom. The monoisotopic (exact) mass is 252 g/mol. The van der Waals surface area contributed by atoms with Crippen LogP contribution in [0, 0.1) is 6.92 Å². The third-order valence-electron chi connectivity index (χ3n) is 2.38. The van der Waals surface area contributed by atoms with Crippen molar-refractivity contribution in [1.82, 2.24) is 10.3 Å². The van der Waals surface area contributed by atoms with Gasteiger partial charge in [0.25, 0.3) is 0 Å². The van der Waals surface area contributed by atoms with E-state index in [1.54, 1.807) is 11.3 Å². The molecule has 0 saturated carbocycles. The maximum atomic E-state index is 4.17. The van der Waals surface area contributed by atoms with Crippen LogP contribution in [0.5, 0.6) is 0 Å². The standard InChI is InChI=1S/C12H16N2S2/c1-3-6-14-12(11-7-13-8-15-11)10-5-4-9(2)16-10/h4-5,7-8,12,14H,3,6H2,1-2H3. The van der Waals surface area contributed by atoms with Gasteiger partial charge in [0, 0.05) is 20.8 Å². The summed E-state index contributed by atoms with van der Waals surface area (Å²) in [6.07, 6.45) is 3.12. The molecule has 1 N–H and O–H groups in total. The predicted octanol–water partition coefficient (Wildman–Crippen LogP) is 3.60. The van der Waals surface area contributed by atoms with Gasteiger partial charge >= 0.3 is 0 Å². The lowest BCUT2D eigenvalue weighted by Gasteiger charge is -2.14. The molecule has 2 aromatic heterocycles. The summed E-state index contributed by atoms with van der Waals surface area (Å²) in [6, 6.07) is 4.72. The summed E-state index contributed by atoms with van der Waals surface area (Å²) in [5.41, 5.74) is 1.90. The second kappa shape index (κ2) is 5.57. The molecule has 2 aromatic rings. The van der Waals surface area contributed by atoms with Crippen LogP contribution >= 0.6 is 22.7 Å². The number of rotatable bonds is 5. The van der Waals surface area contributed by atoms with E-state index in [9.17, 15) is 0 Å². The average Bonchev–Trinajstić information content (AvgIpc) is 2.91. The molecule has 0 fully saturated rings. The van der Waals surface area contributed by atoms with Gasteiger partial charge in [0.05, 0.1) is 11.6 Å². The highest BCUT2D eigenvalue weighted by atomic mass is 32.1. The van der Waals surface area contributed by atoms with Gasteiger partial charge in [-0.3, -0.25) is 4.98 Å². The Labute approximate surface area is 104 Å². The van der Waals surface area contributed by atoms with Gasteiger partial charge in [-0.15, -0.1) is 22.7 Å². The van der Waals surface area contributed by atoms with Crippen LogP contribution in [0.25, 0.3) is 0 Å². The van der Waals surface area contributed by atoms with Crippen LogP contribution in [0.3, 0.4) is 0 Å². The molecule has 86 valence electrons. The summed E-state index contributed by atoms with van der Waals surface area (Å²) >= 11 is 3.58.